The van der Waals surface area contributed by atoms with E-state index >= 15 is 0 Å². The van der Waals surface area contributed by atoms with Crippen molar-refractivity contribution in [1.82, 2.24) is 0 Å². The lowest BCUT2D eigenvalue weighted by molar-refractivity contribution is -0.384. The summed E-state index contributed by atoms with van der Waals surface area (Å²) in [4.78, 5) is 22.3. The van der Waals surface area contributed by atoms with Crippen LogP contribution >= 0.6 is 0 Å². The van der Waals surface area contributed by atoms with E-state index in [9.17, 15) is 20.0 Å². The molecule has 0 fully saturated rings. The number of phenols is 1. The molecule has 0 aliphatic heterocycles. The van der Waals surface area contributed by atoms with Gasteiger partial charge in [0.1, 0.15) is 5.75 Å². The third kappa shape index (κ3) is 3.64. The number of nitrogens with one attached hydrogen (secondary N) is 1. The van der Waals surface area contributed by atoms with Crippen molar-refractivity contribution in [2.45, 2.75) is 0 Å². The molecule has 0 unspecified atom stereocenters. The van der Waals surface area contributed by atoms with E-state index in [1.807, 2.05) is 6.07 Å². The lowest BCUT2D eigenvalue weighted by atomic mass is 10.1. The Morgan fingerprint density at radius 1 is 1.00 bits per heavy atom. The summed E-state index contributed by atoms with van der Waals surface area (Å²) in [5, 5.41) is 24.6. The van der Waals surface area contributed by atoms with Crippen molar-refractivity contribution in [2.24, 2.45) is 0 Å². The predicted octanol–water partition coefficient (Wildman–Crippen LogP) is 4.11. The van der Waals surface area contributed by atoms with Crippen molar-refractivity contribution >= 4 is 34.1 Å². The normalized spacial score (nSPS) is 10.9. The van der Waals surface area contributed by atoms with Gasteiger partial charge in [0.05, 0.1) is 4.92 Å². The number of aromatic hydroxyl groups is 1. The summed E-state index contributed by atoms with van der Waals surface area (Å²) in [6.45, 7) is 0. The molecule has 0 aliphatic carbocycles. The summed E-state index contributed by atoms with van der Waals surface area (Å²) in [5.41, 5.74) is 1.26. The van der Waals surface area contributed by atoms with E-state index < -0.39 is 4.92 Å². The molecule has 0 aromatic heterocycles. The van der Waals surface area contributed by atoms with Crippen LogP contribution in [0.3, 0.4) is 0 Å². The quantitative estimate of drug-likeness (QED) is 0.427. The molecule has 0 bridgehead atoms. The van der Waals surface area contributed by atoms with E-state index in [1.165, 1.54) is 18.2 Å². The molecular weight excluding hydrogens is 320 g/mol. The standard InChI is InChI=1S/C19H14N2O4/c22-18-6-2-3-15-16(18)4-1-5-17(15)20-19(23)12-9-13-7-10-14(11-8-13)21(24)25/h1-12,22H,(H,20,23)/b12-9+. The van der Waals surface area contributed by atoms with Gasteiger partial charge in [-0.2, -0.15) is 0 Å². The van der Waals surface area contributed by atoms with Crippen LogP contribution in [-0.4, -0.2) is 15.9 Å². The van der Waals surface area contributed by atoms with Crippen LogP contribution in [0.25, 0.3) is 16.8 Å². The number of phenolic OH excluding ortho intramolecular Hbond substituents is 1. The van der Waals surface area contributed by atoms with Gasteiger partial charge in [0.25, 0.3) is 5.69 Å². The fraction of sp³-hybridized carbons (Fsp3) is 0. The van der Waals surface area contributed by atoms with Gasteiger partial charge in [-0.1, -0.05) is 24.3 Å². The third-order valence-electron chi connectivity index (χ3n) is 3.69. The fourth-order valence-electron chi connectivity index (χ4n) is 2.46. The van der Waals surface area contributed by atoms with E-state index in [1.54, 1.807) is 48.5 Å². The lowest BCUT2D eigenvalue weighted by Crippen LogP contribution is -2.08. The predicted molar refractivity (Wildman–Crippen MR) is 96.4 cm³/mol. The van der Waals surface area contributed by atoms with Crippen LogP contribution in [0, 0.1) is 10.1 Å². The van der Waals surface area contributed by atoms with E-state index in [0.717, 1.165) is 5.39 Å². The number of hydrogen-bond acceptors (Lipinski definition) is 4. The van der Waals surface area contributed by atoms with Crippen LogP contribution in [-0.2, 0) is 4.79 Å². The summed E-state index contributed by atoms with van der Waals surface area (Å²) in [7, 11) is 0. The molecule has 25 heavy (non-hydrogen) atoms. The van der Waals surface area contributed by atoms with Crippen LogP contribution in [0.2, 0.25) is 0 Å². The number of carbonyl (C=O) groups is 1. The smallest absolute Gasteiger partial charge is 0.269 e. The number of nitro groups is 1. The molecule has 0 saturated heterocycles. The van der Waals surface area contributed by atoms with Gasteiger partial charge in [-0.15, -0.1) is 0 Å². The molecule has 3 rings (SSSR count). The molecule has 3 aromatic carbocycles. The molecule has 1 amide bonds. The molecule has 124 valence electrons. The molecule has 0 saturated carbocycles. The number of hydrogen-bond donors (Lipinski definition) is 2. The van der Waals surface area contributed by atoms with Gasteiger partial charge in [-0.05, 0) is 35.9 Å². The van der Waals surface area contributed by atoms with Gasteiger partial charge in [0.15, 0.2) is 0 Å². The third-order valence-corrected chi connectivity index (χ3v) is 3.69. The van der Waals surface area contributed by atoms with Gasteiger partial charge in [-0.25, -0.2) is 0 Å². The molecule has 6 nitrogen and oxygen atoms in total. The number of benzene rings is 3. The number of nitrogens with zero attached hydrogens (tertiary/aromatic N) is 1. The molecule has 0 radical (unpaired) electrons. The van der Waals surface area contributed by atoms with Crippen LogP contribution in [0.1, 0.15) is 5.56 Å². The number of anilines is 1. The topological polar surface area (TPSA) is 92.5 Å². The second kappa shape index (κ2) is 6.84. The Bertz CT molecular complexity index is 978. The fourth-order valence-corrected chi connectivity index (χ4v) is 2.46. The largest absolute Gasteiger partial charge is 0.507 e. The molecule has 0 atom stereocenters. The summed E-state index contributed by atoms with van der Waals surface area (Å²) in [6, 6.07) is 16.3. The minimum atomic E-state index is -0.476. The highest BCUT2D eigenvalue weighted by molar-refractivity contribution is 6.08. The van der Waals surface area contributed by atoms with Gasteiger partial charge in [0, 0.05) is 34.7 Å². The molecule has 6 heteroatoms. The molecule has 2 N–H and O–H groups in total. The maximum atomic E-state index is 12.1. The first-order valence-electron chi connectivity index (χ1n) is 7.49. The average molecular weight is 334 g/mol. The van der Waals surface area contributed by atoms with Crippen LogP contribution in [0.4, 0.5) is 11.4 Å². The number of fused-ring (bicyclic) bond motifs is 1. The molecule has 0 aliphatic rings. The summed E-state index contributed by atoms with van der Waals surface area (Å²) in [6.07, 6.45) is 2.92. The summed E-state index contributed by atoms with van der Waals surface area (Å²) in [5.74, 6) is -0.191. The minimum absolute atomic E-state index is 0.00263. The average Bonchev–Trinajstić information content (AvgIpc) is 2.61. The van der Waals surface area contributed by atoms with Crippen molar-refractivity contribution in [3.05, 3.63) is 82.4 Å². The highest BCUT2D eigenvalue weighted by Crippen LogP contribution is 2.29. The van der Waals surface area contributed by atoms with Gasteiger partial charge in [-0.3, -0.25) is 14.9 Å². The maximum absolute atomic E-state index is 12.1. The lowest BCUT2D eigenvalue weighted by Gasteiger charge is -2.08. The van der Waals surface area contributed by atoms with E-state index in [-0.39, 0.29) is 17.3 Å². The van der Waals surface area contributed by atoms with Crippen molar-refractivity contribution in [3.8, 4) is 5.75 Å². The summed E-state index contributed by atoms with van der Waals surface area (Å²) < 4.78 is 0. The van der Waals surface area contributed by atoms with E-state index in [0.29, 0.717) is 16.6 Å². The first-order valence-corrected chi connectivity index (χ1v) is 7.49. The first kappa shape index (κ1) is 16.2. The Kier molecular flexibility index (Phi) is 4.43. The zero-order valence-corrected chi connectivity index (χ0v) is 13.0. The Hall–Kier alpha value is -3.67. The SMILES string of the molecule is O=C(/C=C/c1ccc([N+](=O)[O-])cc1)Nc1cccc2c(O)cccc12. The molecular formula is C19H14N2O4. The molecule has 0 heterocycles. The number of nitro benzene ring substituents is 1. The Morgan fingerprint density at radius 3 is 2.40 bits per heavy atom. The highest BCUT2D eigenvalue weighted by atomic mass is 16.6. The van der Waals surface area contributed by atoms with Crippen molar-refractivity contribution in [3.63, 3.8) is 0 Å². The van der Waals surface area contributed by atoms with Crippen LogP contribution in [0.5, 0.6) is 5.75 Å². The highest BCUT2D eigenvalue weighted by Gasteiger charge is 2.06. The Balaban J connectivity index is 1.77. The number of carbonyl (C=O) groups excluding carboxylic acids is 1. The first-order chi connectivity index (χ1) is 12.0. The number of non-ortho nitro benzene ring substituents is 1. The second-order valence-electron chi connectivity index (χ2n) is 5.35. The zero-order valence-electron chi connectivity index (χ0n) is 13.0. The van der Waals surface area contributed by atoms with E-state index in [2.05, 4.69) is 5.32 Å². The van der Waals surface area contributed by atoms with E-state index in [4.69, 9.17) is 0 Å². The van der Waals surface area contributed by atoms with Gasteiger partial charge in [0.2, 0.25) is 5.91 Å². The van der Waals surface area contributed by atoms with Crippen molar-refractivity contribution in [2.75, 3.05) is 5.32 Å². The van der Waals surface area contributed by atoms with Crippen molar-refractivity contribution in [1.29, 1.82) is 0 Å². The van der Waals surface area contributed by atoms with Gasteiger partial charge >= 0.3 is 0 Å². The maximum Gasteiger partial charge on any atom is 0.269 e. The molecule has 0 spiro atoms. The second-order valence-corrected chi connectivity index (χ2v) is 5.35. The zero-order chi connectivity index (χ0) is 17.8. The summed E-state index contributed by atoms with van der Waals surface area (Å²) >= 11 is 0. The minimum Gasteiger partial charge on any atom is -0.507 e. The Labute approximate surface area is 143 Å². The van der Waals surface area contributed by atoms with Crippen LogP contribution in [0.15, 0.2) is 66.7 Å². The number of amides is 1. The molecule has 3 aromatic rings. The Morgan fingerprint density at radius 2 is 1.68 bits per heavy atom. The number of rotatable bonds is 4. The van der Waals surface area contributed by atoms with Gasteiger partial charge < -0.3 is 10.4 Å². The van der Waals surface area contributed by atoms with Crippen molar-refractivity contribution < 1.29 is 14.8 Å². The monoisotopic (exact) mass is 334 g/mol. The van der Waals surface area contributed by atoms with Crippen LogP contribution < -0.4 is 5.32 Å².